The van der Waals surface area contributed by atoms with E-state index in [1.165, 1.54) is 20.3 Å². The molecular formula is C23H22ClF3N4O3. The van der Waals surface area contributed by atoms with Crippen molar-refractivity contribution in [2.75, 3.05) is 24.9 Å². The van der Waals surface area contributed by atoms with Crippen LogP contribution in [0, 0.1) is 6.92 Å². The number of aryl methyl sites for hydroxylation is 1. The van der Waals surface area contributed by atoms with Crippen LogP contribution in [0.5, 0.6) is 11.5 Å². The van der Waals surface area contributed by atoms with E-state index in [-0.39, 0.29) is 17.9 Å². The fraction of sp³-hybridized carbons (Fsp3) is 0.304. The van der Waals surface area contributed by atoms with Gasteiger partial charge in [0.15, 0.2) is 23.2 Å². The predicted octanol–water partition coefficient (Wildman–Crippen LogP) is 5.77. The Bertz CT molecular complexity index is 1230. The van der Waals surface area contributed by atoms with Gasteiger partial charge in [-0.1, -0.05) is 23.7 Å². The Balaban J connectivity index is 1.66. The molecule has 0 aliphatic carbocycles. The van der Waals surface area contributed by atoms with Gasteiger partial charge in [-0.3, -0.25) is 4.79 Å². The first kappa shape index (κ1) is 23.7. The molecule has 0 radical (unpaired) electrons. The van der Waals surface area contributed by atoms with Crippen LogP contribution in [0.15, 0.2) is 42.5 Å². The number of fused-ring (bicyclic) bond motifs is 1. The van der Waals surface area contributed by atoms with Crippen LogP contribution in [-0.4, -0.2) is 36.1 Å². The van der Waals surface area contributed by atoms with Crippen LogP contribution in [0.25, 0.3) is 0 Å². The first-order valence-corrected chi connectivity index (χ1v) is 10.7. The first-order chi connectivity index (χ1) is 16.1. The molecule has 2 heterocycles. The zero-order valence-electron chi connectivity index (χ0n) is 18.5. The number of hydrogen-bond donors (Lipinski definition) is 2. The summed E-state index contributed by atoms with van der Waals surface area (Å²) in [5, 5.41) is 10.1. The molecule has 0 saturated carbocycles. The molecule has 1 amide bonds. The molecule has 1 aliphatic heterocycles. The molecular weight excluding hydrogens is 473 g/mol. The Hall–Kier alpha value is -3.40. The molecule has 0 fully saturated rings. The highest BCUT2D eigenvalue weighted by Gasteiger charge is 2.47. The van der Waals surface area contributed by atoms with Crippen molar-refractivity contribution in [1.82, 2.24) is 9.78 Å². The fourth-order valence-electron chi connectivity index (χ4n) is 3.89. The third-order valence-electron chi connectivity index (χ3n) is 5.68. The van der Waals surface area contributed by atoms with Crippen molar-refractivity contribution in [3.63, 3.8) is 0 Å². The number of rotatable bonds is 5. The third kappa shape index (κ3) is 4.63. The van der Waals surface area contributed by atoms with Crippen molar-refractivity contribution in [2.45, 2.75) is 31.6 Å². The van der Waals surface area contributed by atoms with Crippen molar-refractivity contribution in [3.05, 3.63) is 64.3 Å². The van der Waals surface area contributed by atoms with E-state index in [1.54, 1.807) is 43.3 Å². The average Bonchev–Trinajstić information content (AvgIpc) is 3.24. The van der Waals surface area contributed by atoms with E-state index < -0.39 is 24.2 Å². The summed E-state index contributed by atoms with van der Waals surface area (Å²) in [4.78, 5) is 12.8. The normalized spacial score (nSPS) is 17.5. The molecule has 34 heavy (non-hydrogen) atoms. The van der Waals surface area contributed by atoms with E-state index in [2.05, 4.69) is 15.7 Å². The molecule has 2 unspecified atom stereocenters. The lowest BCUT2D eigenvalue weighted by molar-refractivity contribution is -0.173. The number of aromatic nitrogens is 2. The lowest BCUT2D eigenvalue weighted by atomic mass is 9.96. The number of anilines is 2. The molecule has 0 spiro atoms. The summed E-state index contributed by atoms with van der Waals surface area (Å²) in [5.41, 5.74) is 1.64. The number of methoxy groups -OCH3 is 2. The van der Waals surface area contributed by atoms with E-state index in [0.717, 1.165) is 10.2 Å². The zero-order chi connectivity index (χ0) is 24.6. The van der Waals surface area contributed by atoms with Crippen LogP contribution < -0.4 is 20.1 Å². The molecule has 0 saturated heterocycles. The second-order valence-electron chi connectivity index (χ2n) is 7.88. The van der Waals surface area contributed by atoms with Gasteiger partial charge in [0.25, 0.3) is 5.91 Å². The van der Waals surface area contributed by atoms with Crippen LogP contribution in [0.2, 0.25) is 5.02 Å². The third-order valence-corrected chi connectivity index (χ3v) is 5.92. The van der Waals surface area contributed by atoms with Crippen molar-refractivity contribution >= 4 is 29.0 Å². The van der Waals surface area contributed by atoms with Gasteiger partial charge >= 0.3 is 6.18 Å². The summed E-state index contributed by atoms with van der Waals surface area (Å²) < 4.78 is 53.3. The minimum absolute atomic E-state index is 0.0846. The lowest BCUT2D eigenvalue weighted by Crippen LogP contribution is -2.35. The maximum Gasteiger partial charge on any atom is 0.410 e. The molecule has 2 aromatic carbocycles. The van der Waals surface area contributed by atoms with E-state index in [4.69, 9.17) is 21.1 Å². The molecule has 4 rings (SSSR count). The van der Waals surface area contributed by atoms with Gasteiger partial charge in [0.1, 0.15) is 5.82 Å². The number of halogens is 4. The molecule has 7 nitrogen and oxygen atoms in total. The lowest BCUT2D eigenvalue weighted by Gasteiger charge is -2.33. The van der Waals surface area contributed by atoms with Gasteiger partial charge in [0.05, 0.1) is 20.3 Å². The zero-order valence-corrected chi connectivity index (χ0v) is 19.3. The van der Waals surface area contributed by atoms with Gasteiger partial charge in [-0.05, 0) is 42.3 Å². The standard InChI is InChI=1S/C23H22ClF3N4O3/c1-12-4-6-14(24)9-15(12)29-22(32)17-11-21-28-16(10-20(23(25,26)27)31(21)30-17)13-5-7-18(33-2)19(8-13)34-3/h4-9,11,16,20,28H,10H2,1-3H3,(H,29,32). The SMILES string of the molecule is COc1ccc(C2CC(C(F)(F)F)n3nc(C(=O)Nc4cc(Cl)ccc4C)cc3N2)cc1OC. The molecule has 11 heteroatoms. The quantitative estimate of drug-likeness (QED) is 0.470. The smallest absolute Gasteiger partial charge is 0.410 e. The van der Waals surface area contributed by atoms with Crippen molar-refractivity contribution in [2.24, 2.45) is 0 Å². The van der Waals surface area contributed by atoms with Gasteiger partial charge in [-0.2, -0.15) is 18.3 Å². The first-order valence-electron chi connectivity index (χ1n) is 10.3. The van der Waals surface area contributed by atoms with E-state index in [9.17, 15) is 18.0 Å². The molecule has 180 valence electrons. The highest BCUT2D eigenvalue weighted by atomic mass is 35.5. The number of amides is 1. The van der Waals surface area contributed by atoms with E-state index >= 15 is 0 Å². The van der Waals surface area contributed by atoms with Crippen LogP contribution >= 0.6 is 11.6 Å². The number of ether oxygens (including phenoxy) is 2. The average molecular weight is 495 g/mol. The summed E-state index contributed by atoms with van der Waals surface area (Å²) in [7, 11) is 2.93. The summed E-state index contributed by atoms with van der Waals surface area (Å²) in [6.45, 7) is 1.78. The Kier molecular flexibility index (Phi) is 6.35. The Morgan fingerprint density at radius 2 is 1.88 bits per heavy atom. The minimum Gasteiger partial charge on any atom is -0.493 e. The highest BCUT2D eigenvalue weighted by molar-refractivity contribution is 6.31. The summed E-state index contributed by atoms with van der Waals surface area (Å²) in [6.07, 6.45) is -4.89. The maximum atomic E-state index is 14.0. The van der Waals surface area contributed by atoms with Crippen LogP contribution in [0.1, 0.15) is 40.1 Å². The van der Waals surface area contributed by atoms with Crippen LogP contribution in [0.4, 0.5) is 24.7 Å². The molecule has 2 atom stereocenters. The van der Waals surface area contributed by atoms with Gasteiger partial charge in [-0.15, -0.1) is 0 Å². The van der Waals surface area contributed by atoms with Gasteiger partial charge in [0, 0.05) is 23.2 Å². The second kappa shape index (κ2) is 9.09. The van der Waals surface area contributed by atoms with Crippen molar-refractivity contribution in [1.29, 1.82) is 0 Å². The van der Waals surface area contributed by atoms with Gasteiger partial charge < -0.3 is 20.1 Å². The van der Waals surface area contributed by atoms with Crippen molar-refractivity contribution < 1.29 is 27.4 Å². The number of carbonyl (C=O) groups excluding carboxylic acids is 1. The Morgan fingerprint density at radius 3 is 2.56 bits per heavy atom. The topological polar surface area (TPSA) is 77.4 Å². The number of nitrogens with one attached hydrogen (secondary N) is 2. The van der Waals surface area contributed by atoms with Crippen molar-refractivity contribution in [3.8, 4) is 11.5 Å². The molecule has 3 aromatic rings. The Morgan fingerprint density at radius 1 is 1.15 bits per heavy atom. The molecule has 1 aliphatic rings. The second-order valence-corrected chi connectivity index (χ2v) is 8.31. The summed E-state index contributed by atoms with van der Waals surface area (Å²) >= 11 is 5.99. The highest BCUT2D eigenvalue weighted by Crippen LogP contribution is 2.44. The van der Waals surface area contributed by atoms with E-state index in [0.29, 0.717) is 27.8 Å². The number of alkyl halides is 3. The van der Waals surface area contributed by atoms with Crippen LogP contribution in [-0.2, 0) is 0 Å². The predicted molar refractivity (Wildman–Crippen MR) is 122 cm³/mol. The number of nitrogens with zero attached hydrogens (tertiary/aromatic N) is 2. The largest absolute Gasteiger partial charge is 0.493 e. The van der Waals surface area contributed by atoms with Crippen LogP contribution in [0.3, 0.4) is 0 Å². The Labute approximate surface area is 198 Å². The summed E-state index contributed by atoms with van der Waals surface area (Å²) in [6, 6.07) is 8.60. The maximum absolute atomic E-state index is 14.0. The number of carbonyl (C=O) groups is 1. The van der Waals surface area contributed by atoms with Gasteiger partial charge in [-0.25, -0.2) is 4.68 Å². The fourth-order valence-corrected chi connectivity index (χ4v) is 4.06. The minimum atomic E-state index is -4.57. The van der Waals surface area contributed by atoms with E-state index in [1.807, 2.05) is 0 Å². The monoisotopic (exact) mass is 494 g/mol. The summed E-state index contributed by atoms with van der Waals surface area (Å²) in [5.74, 6) is 0.315. The molecule has 2 N–H and O–H groups in total. The molecule has 0 bridgehead atoms. The van der Waals surface area contributed by atoms with Gasteiger partial charge in [0.2, 0.25) is 0 Å². The number of benzene rings is 2. The molecule has 1 aromatic heterocycles. The number of hydrogen-bond acceptors (Lipinski definition) is 5.